The molecular formula is C11H10NO2S. The fraction of sp³-hybridized carbons (Fsp3) is 0.182. The van der Waals surface area contributed by atoms with Gasteiger partial charge in [-0.1, -0.05) is 0 Å². The predicted molar refractivity (Wildman–Crippen MR) is 59.5 cm³/mol. The van der Waals surface area contributed by atoms with Crippen molar-refractivity contribution in [2.45, 2.75) is 0 Å². The molecule has 1 aromatic carbocycles. The molecule has 0 aliphatic rings. The summed E-state index contributed by atoms with van der Waals surface area (Å²) in [5.41, 5.74) is 3.79. The van der Waals surface area contributed by atoms with E-state index in [1.165, 1.54) is 11.3 Å². The van der Waals surface area contributed by atoms with Crippen LogP contribution < -0.4 is 9.47 Å². The molecule has 3 nitrogen and oxygen atoms in total. The van der Waals surface area contributed by atoms with Crippen molar-refractivity contribution in [3.63, 3.8) is 0 Å². The molecule has 0 spiro atoms. The van der Waals surface area contributed by atoms with E-state index in [2.05, 4.69) is 10.5 Å². The highest BCUT2D eigenvalue weighted by atomic mass is 32.1. The third kappa shape index (κ3) is 1.94. The highest BCUT2D eigenvalue weighted by Crippen LogP contribution is 2.34. The Morgan fingerprint density at radius 1 is 1.27 bits per heavy atom. The highest BCUT2D eigenvalue weighted by Gasteiger charge is 2.08. The fourth-order valence-electron chi connectivity index (χ4n) is 1.32. The quantitative estimate of drug-likeness (QED) is 0.796. The first-order chi connectivity index (χ1) is 7.35. The van der Waals surface area contributed by atoms with Gasteiger partial charge in [0.15, 0.2) is 5.51 Å². The largest absolute Gasteiger partial charge is 0.497 e. The van der Waals surface area contributed by atoms with Gasteiger partial charge in [-0.25, -0.2) is 4.98 Å². The molecule has 0 fully saturated rings. The van der Waals surface area contributed by atoms with Gasteiger partial charge in [0.05, 0.1) is 19.1 Å². The average molecular weight is 220 g/mol. The summed E-state index contributed by atoms with van der Waals surface area (Å²) in [5.74, 6) is 1.62. The summed E-state index contributed by atoms with van der Waals surface area (Å²) >= 11 is 1.45. The maximum atomic E-state index is 5.28. The van der Waals surface area contributed by atoms with E-state index >= 15 is 0 Å². The van der Waals surface area contributed by atoms with Gasteiger partial charge in [-0.2, -0.15) is 0 Å². The summed E-state index contributed by atoms with van der Waals surface area (Å²) in [4.78, 5) is 4.95. The second-order valence-electron chi connectivity index (χ2n) is 2.88. The summed E-state index contributed by atoms with van der Waals surface area (Å²) in [5, 5.41) is 0. The highest BCUT2D eigenvalue weighted by molar-refractivity contribution is 7.12. The topological polar surface area (TPSA) is 31.4 Å². The monoisotopic (exact) mass is 220 g/mol. The number of methoxy groups -OCH3 is 2. The lowest BCUT2D eigenvalue weighted by molar-refractivity contribution is 0.404. The van der Waals surface area contributed by atoms with Crippen LogP contribution >= 0.6 is 11.3 Å². The maximum Gasteiger partial charge on any atom is 0.152 e. The van der Waals surface area contributed by atoms with Crippen LogP contribution in [-0.4, -0.2) is 19.2 Å². The zero-order valence-electron chi connectivity index (χ0n) is 8.48. The molecule has 1 radical (unpaired) electrons. The number of aromatic nitrogens is 1. The second-order valence-corrected chi connectivity index (χ2v) is 3.71. The molecule has 0 unspecified atom stereocenters. The van der Waals surface area contributed by atoms with Gasteiger partial charge in [-0.05, 0) is 18.2 Å². The van der Waals surface area contributed by atoms with Crippen LogP contribution in [0.2, 0.25) is 0 Å². The normalized spacial score (nSPS) is 10.0. The van der Waals surface area contributed by atoms with Gasteiger partial charge in [0, 0.05) is 11.8 Å². The molecule has 0 saturated carbocycles. The number of thiazole rings is 1. The van der Waals surface area contributed by atoms with E-state index in [9.17, 15) is 0 Å². The van der Waals surface area contributed by atoms with Crippen molar-refractivity contribution in [2.75, 3.05) is 14.2 Å². The number of nitrogens with zero attached hydrogens (tertiary/aromatic N) is 1. The minimum atomic E-state index is 0.805. The van der Waals surface area contributed by atoms with E-state index < -0.39 is 0 Å². The van der Waals surface area contributed by atoms with Crippen molar-refractivity contribution in [1.82, 2.24) is 4.98 Å². The summed E-state index contributed by atoms with van der Waals surface area (Å²) in [6.07, 6.45) is 1.77. The van der Waals surface area contributed by atoms with Gasteiger partial charge in [-0.3, -0.25) is 0 Å². The molecule has 0 saturated heterocycles. The van der Waals surface area contributed by atoms with Gasteiger partial charge in [0.25, 0.3) is 0 Å². The van der Waals surface area contributed by atoms with Crippen LogP contribution in [0.3, 0.4) is 0 Å². The van der Waals surface area contributed by atoms with Crippen LogP contribution in [0, 0.1) is 5.51 Å². The molecule has 0 aliphatic heterocycles. The molecular weight excluding hydrogens is 210 g/mol. The summed E-state index contributed by atoms with van der Waals surface area (Å²) in [6, 6.07) is 5.68. The Kier molecular flexibility index (Phi) is 2.87. The molecule has 77 valence electrons. The van der Waals surface area contributed by atoms with E-state index in [-0.39, 0.29) is 0 Å². The van der Waals surface area contributed by atoms with Gasteiger partial charge < -0.3 is 9.47 Å². The Morgan fingerprint density at radius 2 is 2.13 bits per heavy atom. The molecule has 1 heterocycles. The van der Waals surface area contributed by atoms with E-state index in [4.69, 9.17) is 9.47 Å². The van der Waals surface area contributed by atoms with Crippen LogP contribution in [0.5, 0.6) is 11.5 Å². The van der Waals surface area contributed by atoms with Gasteiger partial charge in [0.1, 0.15) is 11.5 Å². The SMILES string of the molecule is COc1ccc(OC)c(-c2cn[c]s2)c1. The number of benzene rings is 1. The average Bonchev–Trinajstić information content (AvgIpc) is 2.81. The number of rotatable bonds is 3. The van der Waals surface area contributed by atoms with Gasteiger partial charge in [0.2, 0.25) is 0 Å². The molecule has 0 atom stereocenters. The molecule has 15 heavy (non-hydrogen) atoms. The van der Waals surface area contributed by atoms with Crippen molar-refractivity contribution < 1.29 is 9.47 Å². The Bertz CT molecular complexity index is 440. The smallest absolute Gasteiger partial charge is 0.152 e. The molecule has 4 heteroatoms. The van der Waals surface area contributed by atoms with E-state index in [0.717, 1.165) is 21.9 Å². The van der Waals surface area contributed by atoms with Crippen molar-refractivity contribution in [2.24, 2.45) is 0 Å². The molecule has 1 aromatic heterocycles. The fourth-order valence-corrected chi connectivity index (χ4v) is 1.90. The Hall–Kier alpha value is -1.55. The lowest BCUT2D eigenvalue weighted by atomic mass is 10.1. The second kappa shape index (κ2) is 4.31. The summed E-state index contributed by atoms with van der Waals surface area (Å²) in [6.45, 7) is 0. The first kappa shape index (κ1) is 9.98. The van der Waals surface area contributed by atoms with Crippen molar-refractivity contribution in [3.05, 3.63) is 29.9 Å². The van der Waals surface area contributed by atoms with Crippen LogP contribution in [0.4, 0.5) is 0 Å². The first-order valence-electron chi connectivity index (χ1n) is 4.39. The van der Waals surface area contributed by atoms with Crippen molar-refractivity contribution in [3.8, 4) is 21.9 Å². The number of hydrogen-bond donors (Lipinski definition) is 0. The predicted octanol–water partition coefficient (Wildman–Crippen LogP) is 2.63. The van der Waals surface area contributed by atoms with Crippen LogP contribution in [0.25, 0.3) is 10.4 Å². The van der Waals surface area contributed by atoms with Crippen molar-refractivity contribution >= 4 is 11.3 Å². The Morgan fingerprint density at radius 3 is 2.73 bits per heavy atom. The molecule has 0 aliphatic carbocycles. The molecule has 0 bridgehead atoms. The number of ether oxygens (including phenoxy) is 2. The van der Waals surface area contributed by atoms with Gasteiger partial charge >= 0.3 is 0 Å². The zero-order valence-corrected chi connectivity index (χ0v) is 9.30. The van der Waals surface area contributed by atoms with Crippen LogP contribution in [0.15, 0.2) is 24.4 Å². The lowest BCUT2D eigenvalue weighted by Gasteiger charge is -2.08. The molecule has 0 amide bonds. The summed E-state index contributed by atoms with van der Waals surface area (Å²) in [7, 11) is 3.29. The minimum absolute atomic E-state index is 0.805. The first-order valence-corrected chi connectivity index (χ1v) is 5.21. The van der Waals surface area contributed by atoms with Gasteiger partial charge in [-0.15, -0.1) is 11.3 Å². The minimum Gasteiger partial charge on any atom is -0.497 e. The molecule has 2 rings (SSSR count). The van der Waals surface area contributed by atoms with E-state index in [0.29, 0.717) is 0 Å². The van der Waals surface area contributed by atoms with Crippen molar-refractivity contribution in [1.29, 1.82) is 0 Å². The van der Waals surface area contributed by atoms with E-state index in [1.54, 1.807) is 20.4 Å². The standard InChI is InChI=1S/C11H10NO2S/c1-13-8-3-4-10(14-2)9(5-8)11-6-12-7-15-11/h3-6H,1-2H3. The zero-order chi connectivity index (χ0) is 10.7. The maximum absolute atomic E-state index is 5.28. The van der Waals surface area contributed by atoms with E-state index in [1.807, 2.05) is 18.2 Å². The number of hydrogen-bond acceptors (Lipinski definition) is 4. The Balaban J connectivity index is 2.52. The molecule has 2 aromatic rings. The third-order valence-corrected chi connectivity index (χ3v) is 2.80. The summed E-state index contributed by atoms with van der Waals surface area (Å²) < 4.78 is 10.4. The third-order valence-electron chi connectivity index (χ3n) is 2.06. The molecule has 0 N–H and O–H groups in total. The van der Waals surface area contributed by atoms with Crippen LogP contribution in [-0.2, 0) is 0 Å². The lowest BCUT2D eigenvalue weighted by Crippen LogP contribution is -1.88. The van der Waals surface area contributed by atoms with Crippen LogP contribution in [0.1, 0.15) is 0 Å². The Labute approximate surface area is 92.3 Å².